The van der Waals surface area contributed by atoms with E-state index < -0.39 is 17.9 Å². The van der Waals surface area contributed by atoms with E-state index in [-0.39, 0.29) is 24.4 Å². The summed E-state index contributed by atoms with van der Waals surface area (Å²) in [6.45, 7) is 1.89. The first kappa shape index (κ1) is 14.0. The van der Waals surface area contributed by atoms with Crippen LogP contribution < -0.4 is 16.4 Å². The second-order valence-corrected chi connectivity index (χ2v) is 4.66. The molecule has 1 fully saturated rings. The number of piperidine rings is 1. The van der Waals surface area contributed by atoms with Gasteiger partial charge in [0, 0.05) is 13.5 Å². The van der Waals surface area contributed by atoms with Gasteiger partial charge in [0.2, 0.25) is 11.8 Å². The monoisotopic (exact) mass is 279 g/mol. The van der Waals surface area contributed by atoms with Crippen molar-refractivity contribution in [2.24, 2.45) is 7.05 Å². The zero-order chi connectivity index (χ0) is 14.9. The van der Waals surface area contributed by atoms with Crippen molar-refractivity contribution in [3.8, 4) is 0 Å². The van der Waals surface area contributed by atoms with Gasteiger partial charge in [-0.1, -0.05) is 6.92 Å². The Bertz CT molecular complexity index is 578. The molecule has 0 aromatic carbocycles. The zero-order valence-corrected chi connectivity index (χ0v) is 11.4. The van der Waals surface area contributed by atoms with E-state index in [2.05, 4.69) is 15.7 Å². The number of rotatable bonds is 3. The van der Waals surface area contributed by atoms with Crippen LogP contribution in [0.4, 0.5) is 5.69 Å². The summed E-state index contributed by atoms with van der Waals surface area (Å²) in [5, 5.41) is 8.92. The summed E-state index contributed by atoms with van der Waals surface area (Å²) in [4.78, 5) is 34.8. The molecule has 0 saturated carbocycles. The van der Waals surface area contributed by atoms with Gasteiger partial charge in [-0.05, 0) is 12.8 Å². The number of nitrogens with one attached hydrogen (secondary N) is 2. The Hall–Kier alpha value is -2.38. The number of amides is 3. The van der Waals surface area contributed by atoms with E-state index in [1.165, 1.54) is 4.68 Å². The third-order valence-corrected chi connectivity index (χ3v) is 3.25. The molecule has 1 aromatic rings. The molecule has 2 heterocycles. The van der Waals surface area contributed by atoms with Gasteiger partial charge in [-0.25, -0.2) is 0 Å². The smallest absolute Gasteiger partial charge is 0.272 e. The van der Waals surface area contributed by atoms with E-state index >= 15 is 0 Å². The van der Waals surface area contributed by atoms with Gasteiger partial charge >= 0.3 is 0 Å². The molecule has 1 aliphatic heterocycles. The van der Waals surface area contributed by atoms with Gasteiger partial charge in [0.1, 0.15) is 11.7 Å². The molecule has 1 atom stereocenters. The maximum absolute atomic E-state index is 12.2. The number of carbonyl (C=O) groups excluding carboxylic acids is 3. The average molecular weight is 279 g/mol. The topological polar surface area (TPSA) is 119 Å². The van der Waals surface area contributed by atoms with Crippen molar-refractivity contribution in [3.05, 3.63) is 11.4 Å². The molecule has 1 aromatic heterocycles. The van der Waals surface area contributed by atoms with E-state index in [4.69, 9.17) is 5.73 Å². The van der Waals surface area contributed by atoms with Gasteiger partial charge in [-0.2, -0.15) is 5.10 Å². The summed E-state index contributed by atoms with van der Waals surface area (Å²) in [6, 6.07) is -0.723. The minimum atomic E-state index is -0.723. The number of hydrogen-bond donors (Lipinski definition) is 3. The quantitative estimate of drug-likeness (QED) is 0.619. The summed E-state index contributed by atoms with van der Waals surface area (Å²) >= 11 is 0. The fourth-order valence-electron chi connectivity index (χ4n) is 2.18. The lowest BCUT2D eigenvalue weighted by atomic mass is 10.1. The standard InChI is InChI=1S/C12H17N5O3/c1-3-6-9(13)10(17(2)16-6)12(20)14-7-4-5-8(18)15-11(7)19/h7H,3-5,13H2,1-2H3,(H,14,20)(H,15,18,19). The Morgan fingerprint density at radius 1 is 1.55 bits per heavy atom. The number of hydrogen-bond acceptors (Lipinski definition) is 5. The van der Waals surface area contributed by atoms with Crippen LogP contribution in [-0.4, -0.2) is 33.5 Å². The van der Waals surface area contributed by atoms with Crippen LogP contribution in [0, 0.1) is 0 Å². The van der Waals surface area contributed by atoms with Gasteiger partial charge < -0.3 is 11.1 Å². The predicted molar refractivity (Wildman–Crippen MR) is 70.6 cm³/mol. The molecule has 1 unspecified atom stereocenters. The molecular weight excluding hydrogens is 262 g/mol. The van der Waals surface area contributed by atoms with E-state index in [1.54, 1.807) is 7.05 Å². The first-order valence-electron chi connectivity index (χ1n) is 6.40. The highest BCUT2D eigenvalue weighted by atomic mass is 16.2. The van der Waals surface area contributed by atoms with Crippen molar-refractivity contribution in [1.29, 1.82) is 0 Å². The molecule has 8 nitrogen and oxygen atoms in total. The number of carbonyl (C=O) groups is 3. The highest BCUT2D eigenvalue weighted by Gasteiger charge is 2.29. The van der Waals surface area contributed by atoms with E-state index in [9.17, 15) is 14.4 Å². The van der Waals surface area contributed by atoms with E-state index in [0.717, 1.165) is 0 Å². The molecule has 8 heteroatoms. The maximum atomic E-state index is 12.2. The molecule has 0 radical (unpaired) electrons. The van der Waals surface area contributed by atoms with Crippen LogP contribution in [0.3, 0.4) is 0 Å². The molecule has 1 aliphatic rings. The van der Waals surface area contributed by atoms with Crippen molar-refractivity contribution in [1.82, 2.24) is 20.4 Å². The second-order valence-electron chi connectivity index (χ2n) is 4.66. The summed E-state index contributed by atoms with van der Waals surface area (Å²) in [6.07, 6.45) is 1.11. The molecular formula is C12H17N5O3. The first-order valence-corrected chi connectivity index (χ1v) is 6.40. The molecule has 1 saturated heterocycles. The molecule has 20 heavy (non-hydrogen) atoms. The molecule has 3 amide bonds. The van der Waals surface area contributed by atoms with Crippen molar-refractivity contribution in [3.63, 3.8) is 0 Å². The molecule has 0 spiro atoms. The van der Waals surface area contributed by atoms with Crippen molar-refractivity contribution in [2.75, 3.05) is 5.73 Å². The minimum Gasteiger partial charge on any atom is -0.395 e. The van der Waals surface area contributed by atoms with E-state index in [0.29, 0.717) is 17.8 Å². The fraction of sp³-hybridized carbons (Fsp3) is 0.500. The molecule has 0 bridgehead atoms. The summed E-state index contributed by atoms with van der Waals surface area (Å²) in [5.41, 5.74) is 7.07. The Balaban J connectivity index is 2.15. The lowest BCUT2D eigenvalue weighted by molar-refractivity contribution is -0.134. The summed E-state index contributed by atoms with van der Waals surface area (Å²) in [7, 11) is 1.62. The van der Waals surface area contributed by atoms with Crippen LogP contribution in [0.5, 0.6) is 0 Å². The van der Waals surface area contributed by atoms with Gasteiger partial charge in [0.25, 0.3) is 5.91 Å². The fourth-order valence-corrected chi connectivity index (χ4v) is 2.18. The first-order chi connectivity index (χ1) is 9.43. The van der Waals surface area contributed by atoms with Crippen LogP contribution in [0.15, 0.2) is 0 Å². The SMILES string of the molecule is CCc1nn(C)c(C(=O)NC2CCC(=O)NC2=O)c1N. The van der Waals surface area contributed by atoms with Gasteiger partial charge in [-0.3, -0.25) is 24.4 Å². The van der Waals surface area contributed by atoms with Gasteiger partial charge in [-0.15, -0.1) is 0 Å². The second kappa shape index (κ2) is 5.32. The Morgan fingerprint density at radius 2 is 2.25 bits per heavy atom. The average Bonchev–Trinajstić information content (AvgIpc) is 2.67. The minimum absolute atomic E-state index is 0.206. The Morgan fingerprint density at radius 3 is 2.80 bits per heavy atom. The number of nitrogens with zero attached hydrogens (tertiary/aromatic N) is 2. The third kappa shape index (κ3) is 2.49. The predicted octanol–water partition coefficient (Wildman–Crippen LogP) is -0.900. The maximum Gasteiger partial charge on any atom is 0.272 e. The molecule has 108 valence electrons. The molecule has 4 N–H and O–H groups in total. The molecule has 2 rings (SSSR count). The normalized spacial score (nSPS) is 18.8. The number of nitrogen functional groups attached to an aromatic ring is 1. The lowest BCUT2D eigenvalue weighted by Crippen LogP contribution is -2.52. The van der Waals surface area contributed by atoms with Crippen LogP contribution in [0.2, 0.25) is 0 Å². The van der Waals surface area contributed by atoms with Crippen LogP contribution in [0.1, 0.15) is 35.9 Å². The van der Waals surface area contributed by atoms with Crippen molar-refractivity contribution >= 4 is 23.4 Å². The highest BCUT2D eigenvalue weighted by Crippen LogP contribution is 2.17. The number of anilines is 1. The van der Waals surface area contributed by atoms with Crippen molar-refractivity contribution < 1.29 is 14.4 Å². The largest absolute Gasteiger partial charge is 0.395 e. The van der Waals surface area contributed by atoms with Gasteiger partial charge in [0.05, 0.1) is 11.4 Å². The third-order valence-electron chi connectivity index (χ3n) is 3.25. The number of imide groups is 1. The molecule has 0 aliphatic carbocycles. The van der Waals surface area contributed by atoms with Crippen LogP contribution >= 0.6 is 0 Å². The van der Waals surface area contributed by atoms with Gasteiger partial charge in [0.15, 0.2) is 0 Å². The number of aromatic nitrogens is 2. The highest BCUT2D eigenvalue weighted by molar-refractivity contribution is 6.04. The zero-order valence-electron chi connectivity index (χ0n) is 11.4. The number of aryl methyl sites for hydroxylation is 2. The number of nitrogens with two attached hydrogens (primary N) is 1. The van der Waals surface area contributed by atoms with Crippen LogP contribution in [-0.2, 0) is 23.1 Å². The summed E-state index contributed by atoms with van der Waals surface area (Å²) < 4.78 is 1.40. The Kier molecular flexibility index (Phi) is 3.73. The lowest BCUT2D eigenvalue weighted by Gasteiger charge is -2.21. The Labute approximate surface area is 115 Å². The van der Waals surface area contributed by atoms with E-state index in [1.807, 2.05) is 6.92 Å². The van der Waals surface area contributed by atoms with Crippen molar-refractivity contribution in [2.45, 2.75) is 32.2 Å². The summed E-state index contributed by atoms with van der Waals surface area (Å²) in [5.74, 6) is -1.29. The van der Waals surface area contributed by atoms with Crippen LogP contribution in [0.25, 0.3) is 0 Å².